The summed E-state index contributed by atoms with van der Waals surface area (Å²) < 4.78 is 13.4. The van der Waals surface area contributed by atoms with Crippen LogP contribution in [0.1, 0.15) is 16.1 Å². The van der Waals surface area contributed by atoms with Gasteiger partial charge in [0, 0.05) is 11.1 Å². The summed E-state index contributed by atoms with van der Waals surface area (Å²) in [6.07, 6.45) is 0. The van der Waals surface area contributed by atoms with Crippen molar-refractivity contribution in [1.29, 1.82) is 0 Å². The number of hydrogen-bond donors (Lipinski definition) is 2. The van der Waals surface area contributed by atoms with E-state index in [9.17, 15) is 14.0 Å². The Hall–Kier alpha value is -2.17. The Balaban J connectivity index is 2.80. The minimum absolute atomic E-state index is 0.0157. The second-order valence-corrected chi connectivity index (χ2v) is 3.42. The molecule has 0 saturated carbocycles. The first-order chi connectivity index (χ1) is 7.52. The van der Waals surface area contributed by atoms with Crippen LogP contribution in [-0.2, 0) is 4.79 Å². The SMILES string of the molecule is Cc1[nH]c2c(F)cccc2c1C(=O)C(=O)O. The summed E-state index contributed by atoms with van der Waals surface area (Å²) in [5.41, 5.74) is 0.527. The highest BCUT2D eigenvalue weighted by Gasteiger charge is 2.22. The smallest absolute Gasteiger partial charge is 0.377 e. The predicted octanol–water partition coefficient (Wildman–Crippen LogP) is 1.88. The molecule has 0 aliphatic carbocycles. The van der Waals surface area contributed by atoms with Gasteiger partial charge in [0.05, 0.1) is 11.1 Å². The number of ketones is 1. The summed E-state index contributed by atoms with van der Waals surface area (Å²) in [5, 5.41) is 8.95. The van der Waals surface area contributed by atoms with E-state index in [1.807, 2.05) is 0 Å². The van der Waals surface area contributed by atoms with E-state index in [-0.39, 0.29) is 11.1 Å². The van der Waals surface area contributed by atoms with Crippen LogP contribution in [-0.4, -0.2) is 21.8 Å². The molecular formula is C11H8FNO3. The number of fused-ring (bicyclic) bond motifs is 1. The van der Waals surface area contributed by atoms with Gasteiger partial charge in [-0.15, -0.1) is 0 Å². The van der Waals surface area contributed by atoms with Crippen LogP contribution in [0.4, 0.5) is 4.39 Å². The van der Waals surface area contributed by atoms with E-state index in [1.165, 1.54) is 25.1 Å². The zero-order chi connectivity index (χ0) is 11.9. The first-order valence-corrected chi connectivity index (χ1v) is 4.56. The zero-order valence-corrected chi connectivity index (χ0v) is 8.37. The summed E-state index contributed by atoms with van der Waals surface area (Å²) in [6.45, 7) is 1.54. The van der Waals surface area contributed by atoms with Gasteiger partial charge >= 0.3 is 5.97 Å². The maximum Gasteiger partial charge on any atom is 0.377 e. The molecule has 4 nitrogen and oxygen atoms in total. The number of carboxylic acid groups (broad SMARTS) is 1. The largest absolute Gasteiger partial charge is 0.475 e. The molecular weight excluding hydrogens is 213 g/mol. The molecule has 0 radical (unpaired) electrons. The first kappa shape index (κ1) is 10.4. The quantitative estimate of drug-likeness (QED) is 0.600. The number of aromatic amines is 1. The third-order valence-electron chi connectivity index (χ3n) is 2.39. The van der Waals surface area contributed by atoms with Gasteiger partial charge in [-0.2, -0.15) is 0 Å². The number of aliphatic carboxylic acids is 1. The maximum atomic E-state index is 13.4. The van der Waals surface area contributed by atoms with Gasteiger partial charge in [-0.05, 0) is 13.0 Å². The summed E-state index contributed by atoms with van der Waals surface area (Å²) in [7, 11) is 0. The van der Waals surface area contributed by atoms with E-state index >= 15 is 0 Å². The molecule has 0 aliphatic heterocycles. The lowest BCUT2D eigenvalue weighted by molar-refractivity contribution is -0.131. The summed E-state index contributed by atoms with van der Waals surface area (Å²) >= 11 is 0. The van der Waals surface area contributed by atoms with Crippen molar-refractivity contribution in [1.82, 2.24) is 4.98 Å². The van der Waals surface area contributed by atoms with Crippen LogP contribution in [0.25, 0.3) is 10.9 Å². The monoisotopic (exact) mass is 221 g/mol. The number of aromatic nitrogens is 1. The molecule has 0 bridgehead atoms. The molecule has 1 aromatic heterocycles. The molecule has 0 spiro atoms. The van der Waals surface area contributed by atoms with Gasteiger partial charge in [0.1, 0.15) is 5.82 Å². The minimum Gasteiger partial charge on any atom is -0.475 e. The molecule has 2 rings (SSSR count). The van der Waals surface area contributed by atoms with E-state index in [4.69, 9.17) is 5.11 Å². The van der Waals surface area contributed by atoms with Crippen LogP contribution in [0.15, 0.2) is 18.2 Å². The zero-order valence-electron chi connectivity index (χ0n) is 8.37. The van der Waals surface area contributed by atoms with Crippen LogP contribution in [0.3, 0.4) is 0 Å². The number of Topliss-reactive ketones (excluding diaryl/α,β-unsaturated/α-hetero) is 1. The first-order valence-electron chi connectivity index (χ1n) is 4.56. The summed E-state index contributed by atoms with van der Waals surface area (Å²) in [6, 6.07) is 4.19. The number of aryl methyl sites for hydroxylation is 1. The summed E-state index contributed by atoms with van der Waals surface area (Å²) in [4.78, 5) is 24.7. The van der Waals surface area contributed by atoms with Crippen molar-refractivity contribution in [2.24, 2.45) is 0 Å². The third kappa shape index (κ3) is 1.37. The molecule has 82 valence electrons. The van der Waals surface area contributed by atoms with Crippen LogP contribution < -0.4 is 0 Å². The highest BCUT2D eigenvalue weighted by Crippen LogP contribution is 2.24. The van der Waals surface area contributed by atoms with Gasteiger partial charge in [-0.1, -0.05) is 12.1 Å². The summed E-state index contributed by atoms with van der Waals surface area (Å²) in [5.74, 6) is -3.09. The van der Waals surface area contributed by atoms with Crippen LogP contribution in [0.5, 0.6) is 0 Å². The average molecular weight is 221 g/mol. The number of hydrogen-bond acceptors (Lipinski definition) is 2. The Morgan fingerprint density at radius 1 is 1.38 bits per heavy atom. The Labute approximate surface area is 89.7 Å². The molecule has 0 saturated heterocycles. The van der Waals surface area contributed by atoms with Crippen molar-refractivity contribution in [2.45, 2.75) is 6.92 Å². The normalized spacial score (nSPS) is 10.6. The Morgan fingerprint density at radius 3 is 2.69 bits per heavy atom. The number of para-hydroxylation sites is 1. The molecule has 0 unspecified atom stereocenters. The van der Waals surface area contributed by atoms with E-state index in [2.05, 4.69) is 4.98 Å². The van der Waals surface area contributed by atoms with Crippen molar-refractivity contribution in [3.8, 4) is 0 Å². The lowest BCUT2D eigenvalue weighted by atomic mass is 10.1. The maximum absolute atomic E-state index is 13.4. The van der Waals surface area contributed by atoms with Crippen molar-refractivity contribution in [3.05, 3.63) is 35.3 Å². The van der Waals surface area contributed by atoms with Gasteiger partial charge in [0.15, 0.2) is 0 Å². The Bertz CT molecular complexity index is 601. The van der Waals surface area contributed by atoms with Crippen molar-refractivity contribution >= 4 is 22.7 Å². The number of halogens is 1. The molecule has 0 fully saturated rings. The van der Waals surface area contributed by atoms with Crippen LogP contribution >= 0.6 is 0 Å². The van der Waals surface area contributed by atoms with Gasteiger partial charge < -0.3 is 10.1 Å². The predicted molar refractivity (Wildman–Crippen MR) is 55.0 cm³/mol. The number of rotatable bonds is 2. The van der Waals surface area contributed by atoms with Crippen LogP contribution in [0, 0.1) is 12.7 Å². The molecule has 0 amide bonds. The number of H-pyrrole nitrogens is 1. The Kier molecular flexibility index (Phi) is 2.23. The van der Waals surface area contributed by atoms with E-state index < -0.39 is 17.6 Å². The number of carbonyl (C=O) groups excluding carboxylic acids is 1. The molecule has 2 aromatic rings. The van der Waals surface area contributed by atoms with E-state index in [0.717, 1.165) is 0 Å². The van der Waals surface area contributed by atoms with Crippen LogP contribution in [0.2, 0.25) is 0 Å². The van der Waals surface area contributed by atoms with Crippen molar-refractivity contribution < 1.29 is 19.1 Å². The van der Waals surface area contributed by atoms with Gasteiger partial charge in [-0.3, -0.25) is 4.79 Å². The molecule has 0 aliphatic rings. The average Bonchev–Trinajstić information content (AvgIpc) is 2.55. The Morgan fingerprint density at radius 2 is 2.06 bits per heavy atom. The van der Waals surface area contributed by atoms with Gasteiger partial charge in [0.25, 0.3) is 5.78 Å². The third-order valence-corrected chi connectivity index (χ3v) is 2.39. The highest BCUT2D eigenvalue weighted by atomic mass is 19.1. The fraction of sp³-hybridized carbons (Fsp3) is 0.0909. The van der Waals surface area contributed by atoms with E-state index in [0.29, 0.717) is 11.1 Å². The topological polar surface area (TPSA) is 70.2 Å². The number of benzene rings is 1. The second kappa shape index (κ2) is 3.44. The van der Waals surface area contributed by atoms with Gasteiger partial charge in [-0.25, -0.2) is 9.18 Å². The molecule has 16 heavy (non-hydrogen) atoms. The minimum atomic E-state index is -1.55. The number of carboxylic acids is 1. The van der Waals surface area contributed by atoms with Crippen molar-refractivity contribution in [2.75, 3.05) is 0 Å². The molecule has 1 aromatic carbocycles. The fourth-order valence-electron chi connectivity index (χ4n) is 1.71. The molecule has 1 heterocycles. The molecule has 0 atom stereocenters. The van der Waals surface area contributed by atoms with Crippen molar-refractivity contribution in [3.63, 3.8) is 0 Å². The number of nitrogens with one attached hydrogen (secondary N) is 1. The van der Waals surface area contributed by atoms with Gasteiger partial charge in [0.2, 0.25) is 0 Å². The lowest BCUT2D eigenvalue weighted by Gasteiger charge is -1.95. The fourth-order valence-corrected chi connectivity index (χ4v) is 1.71. The standard InChI is InChI=1S/C11H8FNO3/c1-5-8(10(14)11(15)16)6-3-2-4-7(12)9(6)13-5/h2-4,13H,1H3,(H,15,16). The second-order valence-electron chi connectivity index (χ2n) is 3.42. The lowest BCUT2D eigenvalue weighted by Crippen LogP contribution is -2.13. The highest BCUT2D eigenvalue weighted by molar-refractivity contribution is 6.42. The van der Waals surface area contributed by atoms with E-state index in [1.54, 1.807) is 0 Å². The molecule has 2 N–H and O–H groups in total. The molecule has 5 heteroatoms. The number of carbonyl (C=O) groups is 2.